The maximum atomic E-state index is 12.2. The molecule has 1 aromatic heterocycles. The number of hydrogen-bond acceptors (Lipinski definition) is 3. The summed E-state index contributed by atoms with van der Waals surface area (Å²) in [4.78, 5) is 26.0. The first kappa shape index (κ1) is 13.9. The highest BCUT2D eigenvalue weighted by Gasteiger charge is 2.34. The minimum absolute atomic E-state index is 0.258. The summed E-state index contributed by atoms with van der Waals surface area (Å²) in [7, 11) is 0. The van der Waals surface area contributed by atoms with Crippen LogP contribution in [0.4, 0.5) is 4.79 Å². The van der Waals surface area contributed by atoms with Crippen LogP contribution in [-0.2, 0) is 11.3 Å². The Bertz CT molecular complexity index is 443. The molecule has 0 bridgehead atoms. The summed E-state index contributed by atoms with van der Waals surface area (Å²) in [6, 6.07) is 3.12. The van der Waals surface area contributed by atoms with Gasteiger partial charge in [-0.3, -0.25) is 0 Å². The molecule has 1 atom stereocenters. The van der Waals surface area contributed by atoms with Gasteiger partial charge in [0.05, 0.1) is 6.54 Å². The molecule has 0 aromatic carbocycles. The van der Waals surface area contributed by atoms with Gasteiger partial charge < -0.3 is 15.3 Å². The molecule has 0 aliphatic heterocycles. The molecule has 0 radical (unpaired) electrons. The first-order chi connectivity index (χ1) is 9.11. The highest BCUT2D eigenvalue weighted by molar-refractivity contribution is 7.09. The van der Waals surface area contributed by atoms with Gasteiger partial charge in [0.1, 0.15) is 6.04 Å². The van der Waals surface area contributed by atoms with Crippen LogP contribution in [0.15, 0.2) is 17.5 Å². The molecule has 104 valence electrons. The number of rotatable bonds is 6. The van der Waals surface area contributed by atoms with Gasteiger partial charge in [0, 0.05) is 10.9 Å². The monoisotopic (exact) mass is 282 g/mol. The number of carbonyl (C=O) groups excluding carboxylic acids is 1. The van der Waals surface area contributed by atoms with Crippen molar-refractivity contribution in [2.75, 3.05) is 0 Å². The Labute approximate surface area is 116 Å². The fraction of sp³-hybridized carbons (Fsp3) is 0.538. The van der Waals surface area contributed by atoms with Crippen LogP contribution in [0.1, 0.15) is 31.1 Å². The highest BCUT2D eigenvalue weighted by atomic mass is 32.1. The van der Waals surface area contributed by atoms with E-state index in [1.54, 1.807) is 23.2 Å². The van der Waals surface area contributed by atoms with Gasteiger partial charge in [-0.05, 0) is 30.7 Å². The van der Waals surface area contributed by atoms with Crippen molar-refractivity contribution in [3.05, 3.63) is 22.4 Å². The molecular weight excluding hydrogens is 264 g/mol. The zero-order chi connectivity index (χ0) is 13.8. The van der Waals surface area contributed by atoms with E-state index in [0.717, 1.165) is 17.7 Å². The second-order valence-electron chi connectivity index (χ2n) is 4.69. The normalized spacial score (nSPS) is 15.8. The third-order valence-corrected chi connectivity index (χ3v) is 4.02. The van der Waals surface area contributed by atoms with Crippen LogP contribution in [-0.4, -0.2) is 34.1 Å². The van der Waals surface area contributed by atoms with Gasteiger partial charge in [-0.2, -0.15) is 0 Å². The van der Waals surface area contributed by atoms with E-state index in [2.05, 4.69) is 5.32 Å². The van der Waals surface area contributed by atoms with Crippen molar-refractivity contribution in [3.63, 3.8) is 0 Å². The lowest BCUT2D eigenvalue weighted by molar-refractivity contribution is -0.139. The molecule has 1 saturated carbocycles. The van der Waals surface area contributed by atoms with Crippen molar-refractivity contribution >= 4 is 23.3 Å². The third-order valence-electron chi connectivity index (χ3n) is 3.16. The van der Waals surface area contributed by atoms with E-state index in [1.807, 2.05) is 17.5 Å². The number of nitrogens with zero attached hydrogens (tertiary/aromatic N) is 1. The van der Waals surface area contributed by atoms with Gasteiger partial charge in [-0.15, -0.1) is 11.3 Å². The predicted molar refractivity (Wildman–Crippen MR) is 73.1 cm³/mol. The number of carboxylic acids is 1. The summed E-state index contributed by atoms with van der Waals surface area (Å²) in [5, 5.41) is 13.6. The Kier molecular flexibility index (Phi) is 4.42. The minimum Gasteiger partial charge on any atom is -0.480 e. The van der Waals surface area contributed by atoms with E-state index in [9.17, 15) is 9.59 Å². The quantitative estimate of drug-likeness (QED) is 0.841. The molecule has 1 aliphatic rings. The topological polar surface area (TPSA) is 69.6 Å². The predicted octanol–water partition coefficient (Wildman–Crippen LogP) is 2.29. The number of nitrogens with one attached hydrogen (secondary N) is 1. The molecule has 1 heterocycles. The lowest BCUT2D eigenvalue weighted by Crippen LogP contribution is -2.48. The van der Waals surface area contributed by atoms with Gasteiger partial charge in [0.25, 0.3) is 0 Å². The van der Waals surface area contributed by atoms with Crippen molar-refractivity contribution in [2.24, 2.45) is 0 Å². The zero-order valence-corrected chi connectivity index (χ0v) is 11.7. The van der Waals surface area contributed by atoms with E-state index >= 15 is 0 Å². The van der Waals surface area contributed by atoms with Crippen molar-refractivity contribution in [3.8, 4) is 0 Å². The molecule has 1 aliphatic carbocycles. The third kappa shape index (κ3) is 3.70. The lowest BCUT2D eigenvalue weighted by Gasteiger charge is -2.24. The lowest BCUT2D eigenvalue weighted by atomic mass is 10.2. The van der Waals surface area contributed by atoms with Gasteiger partial charge >= 0.3 is 12.0 Å². The molecule has 0 unspecified atom stereocenters. The molecule has 2 N–H and O–H groups in total. The molecule has 2 rings (SSSR count). The molecular formula is C13H18N2O3S. The number of urea groups is 1. The average Bonchev–Trinajstić information content (AvgIpc) is 3.09. The van der Waals surface area contributed by atoms with Gasteiger partial charge in [-0.1, -0.05) is 13.0 Å². The van der Waals surface area contributed by atoms with Gasteiger partial charge in [-0.25, -0.2) is 9.59 Å². The highest BCUT2D eigenvalue weighted by Crippen LogP contribution is 2.29. The van der Waals surface area contributed by atoms with E-state index in [1.165, 1.54) is 0 Å². The van der Waals surface area contributed by atoms with Crippen molar-refractivity contribution in [1.82, 2.24) is 10.2 Å². The van der Waals surface area contributed by atoms with E-state index in [-0.39, 0.29) is 12.1 Å². The number of carbonyl (C=O) groups is 2. The van der Waals surface area contributed by atoms with Crippen LogP contribution in [0.5, 0.6) is 0 Å². The Morgan fingerprint density at radius 1 is 1.58 bits per heavy atom. The van der Waals surface area contributed by atoms with Gasteiger partial charge in [0.2, 0.25) is 0 Å². The molecule has 19 heavy (non-hydrogen) atoms. The molecule has 0 saturated heterocycles. The number of thiophene rings is 1. The Balaban J connectivity index is 1.98. The zero-order valence-electron chi connectivity index (χ0n) is 10.8. The molecule has 2 amide bonds. The number of carboxylic acid groups (broad SMARTS) is 1. The summed E-state index contributed by atoms with van der Waals surface area (Å²) >= 11 is 1.61. The van der Waals surface area contributed by atoms with Crippen LogP contribution in [0.2, 0.25) is 0 Å². The molecule has 6 heteroatoms. The van der Waals surface area contributed by atoms with Crippen LogP contribution in [0.25, 0.3) is 0 Å². The van der Waals surface area contributed by atoms with Crippen molar-refractivity contribution in [1.29, 1.82) is 0 Å². The molecule has 0 spiro atoms. The molecule has 1 aromatic rings. The SMILES string of the molecule is CC[C@H](NC(=O)N(Cc1cccs1)C1CC1)C(=O)O. The fourth-order valence-corrected chi connectivity index (χ4v) is 2.60. The maximum Gasteiger partial charge on any atom is 0.326 e. The summed E-state index contributed by atoms with van der Waals surface area (Å²) in [6.45, 7) is 2.31. The van der Waals surface area contributed by atoms with Crippen LogP contribution >= 0.6 is 11.3 Å². The van der Waals surface area contributed by atoms with Crippen LogP contribution in [0, 0.1) is 0 Å². The van der Waals surface area contributed by atoms with Crippen LogP contribution in [0.3, 0.4) is 0 Å². The fourth-order valence-electron chi connectivity index (χ4n) is 1.89. The average molecular weight is 282 g/mol. The van der Waals surface area contributed by atoms with Crippen molar-refractivity contribution < 1.29 is 14.7 Å². The maximum absolute atomic E-state index is 12.2. The van der Waals surface area contributed by atoms with Crippen molar-refractivity contribution in [2.45, 2.75) is 44.8 Å². The second-order valence-corrected chi connectivity index (χ2v) is 5.72. The van der Waals surface area contributed by atoms with Crippen LogP contribution < -0.4 is 5.32 Å². The molecule has 5 nitrogen and oxygen atoms in total. The smallest absolute Gasteiger partial charge is 0.326 e. The minimum atomic E-state index is -0.984. The van der Waals surface area contributed by atoms with Gasteiger partial charge in [0.15, 0.2) is 0 Å². The number of aliphatic carboxylic acids is 1. The Hall–Kier alpha value is -1.56. The summed E-state index contributed by atoms with van der Waals surface area (Å²) < 4.78 is 0. The Morgan fingerprint density at radius 3 is 2.79 bits per heavy atom. The molecule has 1 fully saturated rings. The first-order valence-electron chi connectivity index (χ1n) is 6.44. The van der Waals surface area contributed by atoms with E-state index < -0.39 is 12.0 Å². The number of amides is 2. The van der Waals surface area contributed by atoms with E-state index in [4.69, 9.17) is 5.11 Å². The largest absolute Gasteiger partial charge is 0.480 e. The summed E-state index contributed by atoms with van der Waals surface area (Å²) in [6.07, 6.45) is 2.39. The summed E-state index contributed by atoms with van der Waals surface area (Å²) in [5.74, 6) is -0.984. The number of hydrogen-bond donors (Lipinski definition) is 2. The second kappa shape index (κ2) is 6.06. The van der Waals surface area contributed by atoms with E-state index in [0.29, 0.717) is 13.0 Å². The standard InChI is InChI=1S/C13H18N2O3S/c1-2-11(12(16)17)14-13(18)15(9-5-6-9)8-10-4-3-7-19-10/h3-4,7,9,11H,2,5-6,8H2,1H3,(H,14,18)(H,16,17)/t11-/m0/s1. The Morgan fingerprint density at radius 2 is 2.32 bits per heavy atom. The first-order valence-corrected chi connectivity index (χ1v) is 7.32. The summed E-state index contributed by atoms with van der Waals surface area (Å²) in [5.41, 5.74) is 0.